The molecule has 35 heavy (non-hydrogen) atoms. The normalized spacial score (nSPS) is 11.6. The number of nitrogens with zero attached hydrogens (tertiary/aromatic N) is 3. The maximum Gasteiger partial charge on any atom is 0.416 e. The predicted molar refractivity (Wildman–Crippen MR) is 130 cm³/mol. The second-order valence-electron chi connectivity index (χ2n) is 7.44. The molecular formula is C24H20ClF3N4O2S. The Morgan fingerprint density at radius 1 is 1.11 bits per heavy atom. The molecule has 0 aliphatic rings. The van der Waals surface area contributed by atoms with Crippen LogP contribution in [0.3, 0.4) is 0 Å². The van der Waals surface area contributed by atoms with Gasteiger partial charge in [-0.25, -0.2) is 0 Å². The van der Waals surface area contributed by atoms with Gasteiger partial charge in [0.1, 0.15) is 12.4 Å². The van der Waals surface area contributed by atoms with E-state index in [0.717, 1.165) is 46.5 Å². The largest absolute Gasteiger partial charge is 0.485 e. The first kappa shape index (κ1) is 24.9. The van der Waals surface area contributed by atoms with Crippen LogP contribution in [0, 0.1) is 0 Å². The minimum Gasteiger partial charge on any atom is -0.485 e. The van der Waals surface area contributed by atoms with Crippen LogP contribution < -0.4 is 10.1 Å². The second-order valence-corrected chi connectivity index (χ2v) is 8.79. The predicted octanol–water partition coefficient (Wildman–Crippen LogP) is 6.43. The van der Waals surface area contributed by atoms with E-state index < -0.39 is 17.6 Å². The van der Waals surface area contributed by atoms with Crippen molar-refractivity contribution in [2.24, 2.45) is 0 Å². The van der Waals surface area contributed by atoms with Gasteiger partial charge in [0, 0.05) is 11.9 Å². The summed E-state index contributed by atoms with van der Waals surface area (Å²) in [5, 5.41) is 13.3. The number of benzene rings is 3. The van der Waals surface area contributed by atoms with Gasteiger partial charge in [-0.2, -0.15) is 13.2 Å². The van der Waals surface area contributed by atoms with Gasteiger partial charge in [-0.3, -0.25) is 4.79 Å². The summed E-state index contributed by atoms with van der Waals surface area (Å²) >= 11 is 7.07. The number of halogens is 4. The lowest BCUT2D eigenvalue weighted by molar-refractivity contribution is -0.137. The number of aromatic nitrogens is 3. The topological polar surface area (TPSA) is 69.0 Å². The van der Waals surface area contributed by atoms with Crippen molar-refractivity contribution >= 4 is 45.7 Å². The Labute approximate surface area is 208 Å². The van der Waals surface area contributed by atoms with Crippen LogP contribution in [0.2, 0.25) is 5.02 Å². The molecule has 0 radical (unpaired) electrons. The van der Waals surface area contributed by atoms with Crippen molar-refractivity contribution in [3.8, 4) is 5.75 Å². The average Bonchev–Trinajstić information content (AvgIpc) is 3.23. The number of alkyl halides is 3. The van der Waals surface area contributed by atoms with Gasteiger partial charge in [0.05, 0.1) is 22.0 Å². The SMILES string of the molecule is CCn1c(COc2cccc3ccccc23)nnc1SCC(=O)Nc1cc(C(F)(F)F)ccc1Cl. The van der Waals surface area contributed by atoms with E-state index in [4.69, 9.17) is 16.3 Å². The van der Waals surface area contributed by atoms with Gasteiger partial charge < -0.3 is 14.6 Å². The lowest BCUT2D eigenvalue weighted by atomic mass is 10.1. The number of thioether (sulfide) groups is 1. The summed E-state index contributed by atoms with van der Waals surface area (Å²) in [6.45, 7) is 2.64. The number of ether oxygens (including phenoxy) is 1. The maximum absolute atomic E-state index is 13.0. The molecule has 1 aromatic heterocycles. The highest BCUT2D eigenvalue weighted by molar-refractivity contribution is 7.99. The lowest BCUT2D eigenvalue weighted by Gasteiger charge is -2.12. The van der Waals surface area contributed by atoms with Crippen molar-refractivity contribution in [3.63, 3.8) is 0 Å². The van der Waals surface area contributed by atoms with Gasteiger partial charge in [0.2, 0.25) is 5.91 Å². The molecule has 1 heterocycles. The number of amides is 1. The van der Waals surface area contributed by atoms with E-state index in [1.807, 2.05) is 54.0 Å². The summed E-state index contributed by atoms with van der Waals surface area (Å²) in [6, 6.07) is 16.4. The Bertz CT molecular complexity index is 1360. The molecule has 0 fully saturated rings. The third-order valence-electron chi connectivity index (χ3n) is 5.12. The van der Waals surface area contributed by atoms with Crippen LogP contribution in [0.4, 0.5) is 18.9 Å². The smallest absolute Gasteiger partial charge is 0.416 e. The van der Waals surface area contributed by atoms with E-state index >= 15 is 0 Å². The van der Waals surface area contributed by atoms with Crippen LogP contribution in [0.5, 0.6) is 5.75 Å². The highest BCUT2D eigenvalue weighted by atomic mass is 35.5. The zero-order valence-electron chi connectivity index (χ0n) is 18.5. The van der Waals surface area contributed by atoms with Crippen LogP contribution in [0.25, 0.3) is 10.8 Å². The highest BCUT2D eigenvalue weighted by Crippen LogP contribution is 2.34. The minimum absolute atomic E-state index is 0.0148. The minimum atomic E-state index is -4.54. The van der Waals surface area contributed by atoms with Crippen LogP contribution >= 0.6 is 23.4 Å². The van der Waals surface area contributed by atoms with E-state index in [0.29, 0.717) is 17.5 Å². The second kappa shape index (κ2) is 10.6. The van der Waals surface area contributed by atoms with Gasteiger partial charge in [-0.05, 0) is 36.6 Å². The zero-order chi connectivity index (χ0) is 25.0. The fourth-order valence-corrected chi connectivity index (χ4v) is 4.41. The number of rotatable bonds is 8. The Kier molecular flexibility index (Phi) is 7.51. The number of hydrogen-bond acceptors (Lipinski definition) is 5. The van der Waals surface area contributed by atoms with Gasteiger partial charge in [0.15, 0.2) is 11.0 Å². The molecule has 0 saturated carbocycles. The Morgan fingerprint density at radius 2 is 1.89 bits per heavy atom. The van der Waals surface area contributed by atoms with Crippen LogP contribution in [-0.2, 0) is 24.1 Å². The van der Waals surface area contributed by atoms with Gasteiger partial charge >= 0.3 is 6.18 Å². The Balaban J connectivity index is 1.40. The molecule has 182 valence electrons. The molecular weight excluding hydrogens is 501 g/mol. The van der Waals surface area contributed by atoms with E-state index in [1.165, 1.54) is 0 Å². The molecule has 0 aliphatic carbocycles. The van der Waals surface area contributed by atoms with Crippen molar-refractivity contribution in [2.45, 2.75) is 31.4 Å². The quantitative estimate of drug-likeness (QED) is 0.271. The molecule has 4 aromatic rings. The number of fused-ring (bicyclic) bond motifs is 1. The molecule has 0 atom stereocenters. The molecule has 0 unspecified atom stereocenters. The van der Waals surface area contributed by atoms with Gasteiger partial charge in [0.25, 0.3) is 0 Å². The van der Waals surface area contributed by atoms with Crippen LogP contribution in [0.15, 0.2) is 65.8 Å². The first-order valence-corrected chi connectivity index (χ1v) is 11.9. The molecule has 0 saturated heterocycles. The number of hydrogen-bond donors (Lipinski definition) is 1. The summed E-state index contributed by atoms with van der Waals surface area (Å²) in [5.74, 6) is 0.703. The summed E-state index contributed by atoms with van der Waals surface area (Å²) in [7, 11) is 0. The third kappa shape index (κ3) is 5.88. The summed E-state index contributed by atoms with van der Waals surface area (Å²) in [5.41, 5.74) is -1.00. The molecule has 1 amide bonds. The van der Waals surface area contributed by atoms with Gasteiger partial charge in [-0.15, -0.1) is 10.2 Å². The van der Waals surface area contributed by atoms with Crippen molar-refractivity contribution in [1.82, 2.24) is 14.8 Å². The van der Waals surface area contributed by atoms with E-state index in [9.17, 15) is 18.0 Å². The molecule has 0 bridgehead atoms. The fraction of sp³-hybridized carbons (Fsp3) is 0.208. The monoisotopic (exact) mass is 520 g/mol. The zero-order valence-corrected chi connectivity index (χ0v) is 20.0. The standard InChI is InChI=1S/C24H20ClF3N4O2S/c1-2-32-21(13-34-20-9-5-7-15-6-3-4-8-17(15)20)30-31-23(32)35-14-22(33)29-19-12-16(24(26,27)28)10-11-18(19)25/h3-12H,2,13-14H2,1H3,(H,29,33). The van der Waals surface area contributed by atoms with Crippen molar-refractivity contribution in [3.05, 3.63) is 77.1 Å². The highest BCUT2D eigenvalue weighted by Gasteiger charge is 2.31. The molecule has 1 N–H and O–H groups in total. The number of anilines is 1. The molecule has 4 rings (SSSR count). The van der Waals surface area contributed by atoms with Crippen molar-refractivity contribution < 1.29 is 22.7 Å². The first-order valence-electron chi connectivity index (χ1n) is 10.6. The number of nitrogens with one attached hydrogen (secondary N) is 1. The third-order valence-corrected chi connectivity index (χ3v) is 6.41. The van der Waals surface area contributed by atoms with E-state index in [2.05, 4.69) is 15.5 Å². The number of carbonyl (C=O) groups excluding carboxylic acids is 1. The summed E-state index contributed by atoms with van der Waals surface area (Å²) in [4.78, 5) is 12.4. The number of carbonyl (C=O) groups is 1. The molecule has 3 aromatic carbocycles. The van der Waals surface area contributed by atoms with Crippen molar-refractivity contribution in [1.29, 1.82) is 0 Å². The van der Waals surface area contributed by atoms with E-state index in [-0.39, 0.29) is 23.1 Å². The lowest BCUT2D eigenvalue weighted by Crippen LogP contribution is -2.16. The van der Waals surface area contributed by atoms with E-state index in [1.54, 1.807) is 0 Å². The molecule has 6 nitrogen and oxygen atoms in total. The summed E-state index contributed by atoms with van der Waals surface area (Å²) in [6.07, 6.45) is -4.54. The first-order chi connectivity index (χ1) is 16.8. The van der Waals surface area contributed by atoms with Gasteiger partial charge in [-0.1, -0.05) is 59.8 Å². The average molecular weight is 521 g/mol. The summed E-state index contributed by atoms with van der Waals surface area (Å²) < 4.78 is 46.7. The van der Waals surface area contributed by atoms with Crippen molar-refractivity contribution in [2.75, 3.05) is 11.1 Å². The maximum atomic E-state index is 13.0. The fourth-order valence-electron chi connectivity index (χ4n) is 3.43. The molecule has 11 heteroatoms. The van der Waals surface area contributed by atoms with Crippen LogP contribution in [-0.4, -0.2) is 26.4 Å². The van der Waals surface area contributed by atoms with Crippen LogP contribution in [0.1, 0.15) is 18.3 Å². The molecule has 0 aliphatic heterocycles. The Hall–Kier alpha value is -3.24. The Morgan fingerprint density at radius 3 is 2.66 bits per heavy atom. The molecule has 0 spiro atoms.